The van der Waals surface area contributed by atoms with Crippen molar-refractivity contribution in [2.24, 2.45) is 5.92 Å². The van der Waals surface area contributed by atoms with Gasteiger partial charge >= 0.3 is 0 Å². The van der Waals surface area contributed by atoms with E-state index in [9.17, 15) is 18.0 Å². The van der Waals surface area contributed by atoms with Gasteiger partial charge in [-0.2, -0.15) is 0 Å². The number of benzene rings is 4. The maximum Gasteiger partial charge on any atom is 0.264 e. The van der Waals surface area contributed by atoms with Gasteiger partial charge in [-0.05, 0) is 66.3 Å². The number of nitrogens with one attached hydrogen (secondary N) is 1. The van der Waals surface area contributed by atoms with Crippen molar-refractivity contribution in [3.8, 4) is 5.75 Å². The van der Waals surface area contributed by atoms with Crippen LogP contribution in [0, 0.1) is 19.8 Å². The normalized spacial score (nSPS) is 12.0. The van der Waals surface area contributed by atoms with E-state index in [0.717, 1.165) is 26.6 Å². The molecule has 242 valence electrons. The van der Waals surface area contributed by atoms with Crippen LogP contribution in [-0.2, 0) is 32.6 Å². The van der Waals surface area contributed by atoms with E-state index in [0.29, 0.717) is 12.3 Å². The summed E-state index contributed by atoms with van der Waals surface area (Å²) in [4.78, 5) is 30.2. The van der Waals surface area contributed by atoms with Gasteiger partial charge < -0.3 is 15.0 Å². The monoisotopic (exact) mass is 641 g/mol. The Labute approximate surface area is 273 Å². The van der Waals surface area contributed by atoms with Gasteiger partial charge in [-0.3, -0.25) is 13.9 Å². The lowest BCUT2D eigenvalue weighted by Gasteiger charge is -2.34. The molecule has 1 atom stereocenters. The van der Waals surface area contributed by atoms with Gasteiger partial charge in [0.25, 0.3) is 10.0 Å². The smallest absolute Gasteiger partial charge is 0.264 e. The predicted molar refractivity (Wildman–Crippen MR) is 182 cm³/mol. The average molecular weight is 642 g/mol. The van der Waals surface area contributed by atoms with Crippen molar-refractivity contribution in [2.45, 2.75) is 51.6 Å². The molecule has 0 unspecified atom stereocenters. The summed E-state index contributed by atoms with van der Waals surface area (Å²) >= 11 is 0. The van der Waals surface area contributed by atoms with Crippen molar-refractivity contribution < 1.29 is 22.7 Å². The van der Waals surface area contributed by atoms with Crippen LogP contribution in [0.4, 0.5) is 5.69 Å². The summed E-state index contributed by atoms with van der Waals surface area (Å²) in [5.74, 6) is -0.321. The van der Waals surface area contributed by atoms with Gasteiger partial charge in [-0.1, -0.05) is 92.7 Å². The van der Waals surface area contributed by atoms with Crippen LogP contribution in [0.15, 0.2) is 108 Å². The molecule has 4 aromatic rings. The zero-order chi connectivity index (χ0) is 33.3. The Morgan fingerprint density at radius 2 is 1.48 bits per heavy atom. The minimum Gasteiger partial charge on any atom is -0.495 e. The molecule has 2 amide bonds. The lowest BCUT2D eigenvalue weighted by Crippen LogP contribution is -2.53. The van der Waals surface area contributed by atoms with Gasteiger partial charge in [0.1, 0.15) is 18.3 Å². The number of carbonyl (C=O) groups is 2. The van der Waals surface area contributed by atoms with Crippen LogP contribution in [-0.4, -0.2) is 51.4 Å². The molecule has 0 aliphatic heterocycles. The van der Waals surface area contributed by atoms with Crippen LogP contribution >= 0.6 is 0 Å². The van der Waals surface area contributed by atoms with Crippen molar-refractivity contribution >= 4 is 27.5 Å². The molecule has 0 aliphatic rings. The highest BCUT2D eigenvalue weighted by molar-refractivity contribution is 7.92. The number of anilines is 1. The quantitative estimate of drug-likeness (QED) is 0.185. The minimum absolute atomic E-state index is 0.0346. The molecule has 0 saturated heterocycles. The highest BCUT2D eigenvalue weighted by atomic mass is 32.2. The van der Waals surface area contributed by atoms with E-state index in [-0.39, 0.29) is 35.4 Å². The molecule has 4 rings (SSSR count). The Bertz CT molecular complexity index is 1730. The number of aryl methyl sites for hydroxylation is 2. The number of methoxy groups -OCH3 is 1. The summed E-state index contributed by atoms with van der Waals surface area (Å²) in [6.45, 7) is 7.80. The van der Waals surface area contributed by atoms with E-state index in [1.54, 1.807) is 30.3 Å². The second-order valence-electron chi connectivity index (χ2n) is 11.8. The zero-order valence-corrected chi connectivity index (χ0v) is 28.0. The van der Waals surface area contributed by atoms with Crippen molar-refractivity contribution in [3.05, 3.63) is 125 Å². The van der Waals surface area contributed by atoms with Gasteiger partial charge in [0.2, 0.25) is 11.8 Å². The predicted octanol–water partition coefficient (Wildman–Crippen LogP) is 5.92. The molecule has 0 radical (unpaired) electrons. The largest absolute Gasteiger partial charge is 0.495 e. The molecule has 8 nitrogen and oxygen atoms in total. The fourth-order valence-corrected chi connectivity index (χ4v) is 6.61. The second kappa shape index (κ2) is 15.6. The molecule has 4 aromatic carbocycles. The van der Waals surface area contributed by atoms with Crippen molar-refractivity contribution in [2.75, 3.05) is 24.5 Å². The van der Waals surface area contributed by atoms with Gasteiger partial charge in [-0.25, -0.2) is 8.42 Å². The number of hydrogen-bond donors (Lipinski definition) is 1. The summed E-state index contributed by atoms with van der Waals surface area (Å²) in [6, 6.07) is 29.5. The third kappa shape index (κ3) is 8.54. The van der Waals surface area contributed by atoms with Gasteiger partial charge in [0.15, 0.2) is 0 Å². The number of carbonyl (C=O) groups excluding carboxylic acids is 2. The van der Waals surface area contributed by atoms with Gasteiger partial charge in [0, 0.05) is 19.5 Å². The molecule has 0 spiro atoms. The minimum atomic E-state index is -4.23. The highest BCUT2D eigenvalue weighted by Gasteiger charge is 2.35. The Morgan fingerprint density at radius 3 is 2.11 bits per heavy atom. The van der Waals surface area contributed by atoms with Crippen molar-refractivity contribution in [1.29, 1.82) is 0 Å². The van der Waals surface area contributed by atoms with E-state index in [4.69, 9.17) is 4.74 Å². The summed E-state index contributed by atoms with van der Waals surface area (Å²) in [6.07, 6.45) is 0.252. The summed E-state index contributed by atoms with van der Waals surface area (Å²) in [5.41, 5.74) is 3.72. The SMILES string of the molecule is COc1ccc(C)cc1N(CC(=O)N(Cc1ccccc1C)[C@@H](Cc1ccccc1)C(=O)NCC(C)C)S(=O)(=O)c1ccccc1. The Hall–Kier alpha value is -4.63. The van der Waals surface area contributed by atoms with Crippen LogP contribution in [0.1, 0.15) is 36.1 Å². The van der Waals surface area contributed by atoms with Crippen LogP contribution in [0.2, 0.25) is 0 Å². The molecule has 9 heteroatoms. The summed E-state index contributed by atoms with van der Waals surface area (Å²) in [5, 5.41) is 3.02. The molecular weight excluding hydrogens is 598 g/mol. The fraction of sp³-hybridized carbons (Fsp3) is 0.297. The third-order valence-electron chi connectivity index (χ3n) is 7.77. The first-order chi connectivity index (χ1) is 22.0. The van der Waals surface area contributed by atoms with Crippen molar-refractivity contribution in [1.82, 2.24) is 10.2 Å². The lowest BCUT2D eigenvalue weighted by molar-refractivity contribution is -0.140. The molecule has 46 heavy (non-hydrogen) atoms. The van der Waals surface area contributed by atoms with E-state index in [2.05, 4.69) is 5.32 Å². The molecule has 0 aliphatic carbocycles. The first kappa shape index (κ1) is 34.2. The van der Waals surface area contributed by atoms with Crippen LogP contribution in [0.3, 0.4) is 0 Å². The van der Waals surface area contributed by atoms with Gasteiger partial charge in [-0.15, -0.1) is 0 Å². The number of sulfonamides is 1. The first-order valence-electron chi connectivity index (χ1n) is 15.4. The maximum absolute atomic E-state index is 14.7. The molecule has 1 N–H and O–H groups in total. The van der Waals surface area contributed by atoms with E-state index in [1.807, 2.05) is 88.4 Å². The van der Waals surface area contributed by atoms with Gasteiger partial charge in [0.05, 0.1) is 17.7 Å². The third-order valence-corrected chi connectivity index (χ3v) is 9.54. The van der Waals surface area contributed by atoms with Crippen LogP contribution in [0.25, 0.3) is 0 Å². The zero-order valence-electron chi connectivity index (χ0n) is 27.1. The molecule has 0 bridgehead atoms. The fourth-order valence-electron chi connectivity index (χ4n) is 5.18. The van der Waals surface area contributed by atoms with E-state index < -0.39 is 28.5 Å². The molecule has 0 aromatic heterocycles. The Morgan fingerprint density at radius 1 is 0.848 bits per heavy atom. The summed E-state index contributed by atoms with van der Waals surface area (Å²) < 4.78 is 35.2. The lowest BCUT2D eigenvalue weighted by atomic mass is 10.0. The number of ether oxygens (including phenoxy) is 1. The number of nitrogens with zero attached hydrogens (tertiary/aromatic N) is 2. The highest BCUT2D eigenvalue weighted by Crippen LogP contribution is 2.34. The number of amides is 2. The molecule has 0 fully saturated rings. The maximum atomic E-state index is 14.7. The second-order valence-corrected chi connectivity index (χ2v) is 13.7. The topological polar surface area (TPSA) is 96.0 Å². The summed E-state index contributed by atoms with van der Waals surface area (Å²) in [7, 11) is -2.77. The first-order valence-corrected chi connectivity index (χ1v) is 16.8. The van der Waals surface area contributed by atoms with E-state index >= 15 is 0 Å². The number of hydrogen-bond acceptors (Lipinski definition) is 5. The van der Waals surface area contributed by atoms with Crippen LogP contribution < -0.4 is 14.4 Å². The molecule has 0 saturated carbocycles. The van der Waals surface area contributed by atoms with Crippen LogP contribution in [0.5, 0.6) is 5.75 Å². The van der Waals surface area contributed by atoms with Crippen molar-refractivity contribution in [3.63, 3.8) is 0 Å². The number of rotatable bonds is 14. The standard InChI is InChI=1S/C37H43N3O5S/c1-27(2)24-38-37(42)34(23-30-15-8-6-9-16-30)39(25-31-17-13-12-14-29(31)4)36(41)26-40(33-22-28(3)20-21-35(33)45-5)46(43,44)32-18-10-7-11-19-32/h6-22,27,34H,23-26H2,1-5H3,(H,38,42)/t34-/m0/s1. The molecular formula is C37H43N3O5S. The molecule has 0 heterocycles. The Balaban J connectivity index is 1.85. The average Bonchev–Trinajstić information content (AvgIpc) is 3.05. The van der Waals surface area contributed by atoms with E-state index in [1.165, 1.54) is 24.1 Å². The Kier molecular flexibility index (Phi) is 11.6.